The maximum atomic E-state index is 12.3. The number of aryl methyl sites for hydroxylation is 1. The zero-order valence-corrected chi connectivity index (χ0v) is 13.3. The van der Waals surface area contributed by atoms with Gasteiger partial charge in [-0.15, -0.1) is 0 Å². The molecule has 1 aliphatic carbocycles. The normalized spacial score (nSPS) is 19.1. The number of phenolic OH excluding ortho intramolecular Hbond substituents is 1. The fraction of sp³-hybridized carbons (Fsp3) is 0.500. The van der Waals surface area contributed by atoms with Crippen LogP contribution < -0.4 is 24.0 Å². The lowest BCUT2D eigenvalue weighted by Gasteiger charge is -2.31. The molecule has 0 bridgehead atoms. The van der Waals surface area contributed by atoms with Crippen LogP contribution in [0.3, 0.4) is 0 Å². The number of carbonyl (C=O) groups is 1. The molecule has 1 N–H and O–H groups in total. The van der Waals surface area contributed by atoms with Gasteiger partial charge in [0.05, 0.1) is 33.6 Å². The first-order valence-corrected chi connectivity index (χ1v) is 6.03. The van der Waals surface area contributed by atoms with Crippen LogP contribution in [0.2, 0.25) is 0 Å². The van der Waals surface area contributed by atoms with Gasteiger partial charge in [-0.2, -0.15) is 0 Å². The van der Waals surface area contributed by atoms with Gasteiger partial charge in [-0.05, 0) is 36.6 Å². The minimum atomic E-state index is 0. The largest absolute Gasteiger partial charge is 1.00 e. The number of carbonyl (C=O) groups excluding carboxylic acids is 1. The highest BCUT2D eigenvalue weighted by atomic mass is 127. The van der Waals surface area contributed by atoms with Crippen molar-refractivity contribution in [1.82, 2.24) is 0 Å². The number of aromatic hydroxyl groups is 1. The van der Waals surface area contributed by atoms with Crippen LogP contribution >= 0.6 is 0 Å². The van der Waals surface area contributed by atoms with Crippen LogP contribution in [0.25, 0.3) is 0 Å². The van der Waals surface area contributed by atoms with Gasteiger partial charge in [-0.1, -0.05) is 0 Å². The number of fused-ring (bicyclic) bond motifs is 1. The van der Waals surface area contributed by atoms with Crippen LogP contribution in [0.1, 0.15) is 22.3 Å². The molecule has 1 aromatic rings. The van der Waals surface area contributed by atoms with E-state index < -0.39 is 0 Å². The number of phenols is 1. The maximum Gasteiger partial charge on any atom is 0.171 e. The van der Waals surface area contributed by atoms with Gasteiger partial charge in [-0.25, -0.2) is 0 Å². The smallest absolute Gasteiger partial charge is 0.171 e. The molecule has 0 radical (unpaired) electrons. The van der Waals surface area contributed by atoms with Crippen molar-refractivity contribution in [2.75, 3.05) is 27.7 Å². The van der Waals surface area contributed by atoms with Crippen molar-refractivity contribution in [1.29, 1.82) is 0 Å². The summed E-state index contributed by atoms with van der Waals surface area (Å²) < 4.78 is 0.809. The molecule has 100 valence electrons. The predicted octanol–water partition coefficient (Wildman–Crippen LogP) is -1.15. The van der Waals surface area contributed by atoms with Crippen LogP contribution in [0.5, 0.6) is 5.75 Å². The summed E-state index contributed by atoms with van der Waals surface area (Å²) in [6.45, 7) is 0.874. The Hall–Kier alpha value is -0.620. The Kier molecular flexibility index (Phi) is 4.78. The maximum absolute atomic E-state index is 12.3. The Balaban J connectivity index is 0.00000162. The average Bonchev–Trinajstić information content (AvgIpc) is 2.20. The molecule has 18 heavy (non-hydrogen) atoms. The second kappa shape index (κ2) is 5.57. The highest BCUT2D eigenvalue weighted by Gasteiger charge is 2.31. The lowest BCUT2D eigenvalue weighted by Crippen LogP contribution is -3.00. The SMILES string of the molecule is C[N+](C)(C)CC1CCc2cc(O)ccc2C1=O.[I-]. The van der Waals surface area contributed by atoms with E-state index in [1.165, 1.54) is 0 Å². The molecule has 0 heterocycles. The number of quaternary nitrogens is 1. The summed E-state index contributed by atoms with van der Waals surface area (Å²) in [4.78, 5) is 12.3. The van der Waals surface area contributed by atoms with Crippen LogP contribution in [-0.4, -0.2) is 43.1 Å². The highest BCUT2D eigenvalue weighted by Crippen LogP contribution is 2.29. The van der Waals surface area contributed by atoms with Crippen molar-refractivity contribution in [2.45, 2.75) is 12.8 Å². The highest BCUT2D eigenvalue weighted by molar-refractivity contribution is 6.00. The third-order valence-electron chi connectivity index (χ3n) is 3.26. The molecule has 0 amide bonds. The Morgan fingerprint density at radius 1 is 1.33 bits per heavy atom. The molecule has 0 spiro atoms. The molecule has 0 saturated carbocycles. The van der Waals surface area contributed by atoms with E-state index in [4.69, 9.17) is 0 Å². The number of hydrogen-bond acceptors (Lipinski definition) is 2. The number of nitrogens with zero attached hydrogens (tertiary/aromatic N) is 1. The molecule has 4 heteroatoms. The number of halogens is 1. The van der Waals surface area contributed by atoms with Gasteiger partial charge in [0.15, 0.2) is 5.78 Å². The quantitative estimate of drug-likeness (QED) is 0.534. The molecule has 3 nitrogen and oxygen atoms in total. The lowest BCUT2D eigenvalue weighted by atomic mass is 9.82. The molecular weight excluding hydrogens is 341 g/mol. The third-order valence-corrected chi connectivity index (χ3v) is 3.26. The van der Waals surface area contributed by atoms with Crippen molar-refractivity contribution in [3.8, 4) is 5.75 Å². The van der Waals surface area contributed by atoms with E-state index in [9.17, 15) is 9.90 Å². The summed E-state index contributed by atoms with van der Waals surface area (Å²) >= 11 is 0. The van der Waals surface area contributed by atoms with Crippen LogP contribution in [0, 0.1) is 5.92 Å². The van der Waals surface area contributed by atoms with E-state index in [1.807, 2.05) is 0 Å². The first-order valence-electron chi connectivity index (χ1n) is 6.03. The first-order chi connectivity index (χ1) is 7.87. The first kappa shape index (κ1) is 15.4. The van der Waals surface area contributed by atoms with Crippen molar-refractivity contribution < 1.29 is 38.4 Å². The van der Waals surface area contributed by atoms with E-state index in [0.717, 1.165) is 35.0 Å². The summed E-state index contributed by atoms with van der Waals surface area (Å²) in [6, 6.07) is 5.08. The van der Waals surface area contributed by atoms with E-state index in [2.05, 4.69) is 21.1 Å². The van der Waals surface area contributed by atoms with Gasteiger partial charge < -0.3 is 33.6 Å². The van der Waals surface area contributed by atoms with Gasteiger partial charge >= 0.3 is 0 Å². The molecule has 1 unspecified atom stereocenters. The lowest BCUT2D eigenvalue weighted by molar-refractivity contribution is -0.872. The molecule has 1 atom stereocenters. The summed E-state index contributed by atoms with van der Waals surface area (Å²) in [5.41, 5.74) is 1.79. The monoisotopic (exact) mass is 361 g/mol. The fourth-order valence-electron chi connectivity index (χ4n) is 2.54. The van der Waals surface area contributed by atoms with Crippen molar-refractivity contribution in [2.24, 2.45) is 5.92 Å². The Labute approximate surface area is 125 Å². The average molecular weight is 361 g/mol. The Bertz CT molecular complexity index is 452. The van der Waals surface area contributed by atoms with Gasteiger partial charge in [0.25, 0.3) is 0 Å². The second-order valence-corrected chi connectivity index (χ2v) is 5.91. The zero-order chi connectivity index (χ0) is 12.6. The second-order valence-electron chi connectivity index (χ2n) is 5.91. The fourth-order valence-corrected chi connectivity index (χ4v) is 2.54. The number of ketones is 1. The van der Waals surface area contributed by atoms with Crippen molar-refractivity contribution in [3.05, 3.63) is 29.3 Å². The van der Waals surface area contributed by atoms with Crippen LogP contribution in [-0.2, 0) is 6.42 Å². The predicted molar refractivity (Wildman–Crippen MR) is 67.1 cm³/mol. The van der Waals surface area contributed by atoms with E-state index in [0.29, 0.717) is 0 Å². The van der Waals surface area contributed by atoms with Gasteiger partial charge in [0, 0.05) is 5.56 Å². The molecule has 2 rings (SSSR count). The summed E-state index contributed by atoms with van der Waals surface area (Å²) in [6.07, 6.45) is 1.78. The molecule has 1 aromatic carbocycles. The number of rotatable bonds is 2. The van der Waals surface area contributed by atoms with Crippen LogP contribution in [0.4, 0.5) is 0 Å². The molecular formula is C14H20INO2. The van der Waals surface area contributed by atoms with Crippen LogP contribution in [0.15, 0.2) is 18.2 Å². The van der Waals surface area contributed by atoms with E-state index in [1.54, 1.807) is 18.2 Å². The van der Waals surface area contributed by atoms with Crippen molar-refractivity contribution in [3.63, 3.8) is 0 Å². The van der Waals surface area contributed by atoms with Crippen molar-refractivity contribution >= 4 is 5.78 Å². The molecule has 0 aromatic heterocycles. The zero-order valence-electron chi connectivity index (χ0n) is 11.1. The van der Waals surface area contributed by atoms with E-state index in [-0.39, 0.29) is 41.4 Å². The standard InChI is InChI=1S/C14H19NO2.HI/c1-15(2,3)9-11-5-4-10-8-12(16)6-7-13(10)14(11)17;/h6-8,11H,4-5,9H2,1-3H3;1H. The number of benzene rings is 1. The van der Waals surface area contributed by atoms with Gasteiger partial charge in [-0.3, -0.25) is 4.79 Å². The molecule has 0 fully saturated rings. The summed E-state index contributed by atoms with van der Waals surface area (Å²) in [7, 11) is 6.33. The number of hydrogen-bond donors (Lipinski definition) is 1. The molecule has 0 aliphatic heterocycles. The number of Topliss-reactive ketones (excluding diaryl/α,β-unsaturated/α-hetero) is 1. The minimum absolute atomic E-state index is 0. The summed E-state index contributed by atoms with van der Waals surface area (Å²) in [5, 5.41) is 9.41. The Morgan fingerprint density at radius 2 is 2.00 bits per heavy atom. The molecule has 0 saturated heterocycles. The van der Waals surface area contributed by atoms with Gasteiger partial charge in [0.1, 0.15) is 5.75 Å². The third kappa shape index (κ3) is 3.45. The van der Waals surface area contributed by atoms with E-state index >= 15 is 0 Å². The topological polar surface area (TPSA) is 37.3 Å². The summed E-state index contributed by atoms with van der Waals surface area (Å²) in [5.74, 6) is 0.605. The van der Waals surface area contributed by atoms with Gasteiger partial charge in [0.2, 0.25) is 0 Å². The molecule has 1 aliphatic rings. The minimum Gasteiger partial charge on any atom is -1.00 e. The Morgan fingerprint density at radius 3 is 2.61 bits per heavy atom.